The van der Waals surface area contributed by atoms with Crippen molar-refractivity contribution in [2.24, 2.45) is 11.7 Å². The molecule has 0 radical (unpaired) electrons. The van der Waals surface area contributed by atoms with Gasteiger partial charge < -0.3 is 16.2 Å². The van der Waals surface area contributed by atoms with E-state index in [1.165, 1.54) is 0 Å². The van der Waals surface area contributed by atoms with Crippen LogP contribution in [-0.2, 0) is 9.59 Å². The largest absolute Gasteiger partial charge is 0.396 e. The number of aliphatic hydroxyl groups is 1. The molecule has 0 aliphatic carbocycles. The van der Waals surface area contributed by atoms with Crippen LogP contribution in [0.4, 0.5) is 0 Å². The van der Waals surface area contributed by atoms with Crippen molar-refractivity contribution < 1.29 is 14.7 Å². The van der Waals surface area contributed by atoms with Crippen molar-refractivity contribution >= 4 is 11.7 Å². The van der Waals surface area contributed by atoms with Crippen LogP contribution >= 0.6 is 0 Å². The zero-order valence-corrected chi connectivity index (χ0v) is 15.0. The Balaban J connectivity index is -0.000000286. The minimum absolute atomic E-state index is 0.121. The molecule has 0 saturated heterocycles. The van der Waals surface area contributed by atoms with Crippen LogP contribution in [0.2, 0.25) is 0 Å². The number of carbonyl (C=O) groups is 2. The van der Waals surface area contributed by atoms with E-state index in [0.717, 1.165) is 6.42 Å². The number of carbonyl (C=O) groups excluding carboxylic acids is 2. The lowest BCUT2D eigenvalue weighted by molar-refractivity contribution is -0.118. The molecule has 0 rings (SSSR count). The molecule has 0 aromatic rings. The van der Waals surface area contributed by atoms with Crippen LogP contribution in [0, 0.1) is 5.92 Å². The maximum absolute atomic E-state index is 10.6. The summed E-state index contributed by atoms with van der Waals surface area (Å²) in [5, 5.41) is 11.7. The lowest BCUT2D eigenvalue weighted by Gasteiger charge is -2.24. The molecule has 0 aromatic heterocycles. The third-order valence-corrected chi connectivity index (χ3v) is 2.52. The normalized spacial score (nSPS) is 10.1. The molecule has 0 unspecified atom stereocenters. The summed E-state index contributed by atoms with van der Waals surface area (Å²) in [7, 11) is 0. The van der Waals surface area contributed by atoms with Gasteiger partial charge in [-0.05, 0) is 39.5 Å². The highest BCUT2D eigenvalue weighted by atomic mass is 16.3. The zero-order valence-electron chi connectivity index (χ0n) is 15.0. The number of primary amides is 1. The number of Topliss-reactive ketones (excluding diaryl/α,β-unsaturated/α-hetero) is 1. The summed E-state index contributed by atoms with van der Waals surface area (Å²) in [5.41, 5.74) is 4.76. The Morgan fingerprint density at radius 2 is 1.71 bits per heavy atom. The predicted molar refractivity (Wildman–Crippen MR) is 89.1 cm³/mol. The number of hydrogen-bond acceptors (Lipinski definition) is 4. The first-order valence-corrected chi connectivity index (χ1v) is 7.74. The minimum atomic E-state index is -0.196. The van der Waals surface area contributed by atoms with Crippen molar-refractivity contribution in [1.29, 1.82) is 0 Å². The van der Waals surface area contributed by atoms with Crippen molar-refractivity contribution in [3.63, 3.8) is 0 Å². The predicted octanol–water partition coefficient (Wildman–Crippen LogP) is 2.26. The maximum atomic E-state index is 10.6. The molecule has 0 aliphatic heterocycles. The van der Waals surface area contributed by atoms with Gasteiger partial charge in [-0.2, -0.15) is 0 Å². The van der Waals surface area contributed by atoms with Crippen molar-refractivity contribution in [2.75, 3.05) is 13.2 Å². The van der Waals surface area contributed by atoms with Crippen molar-refractivity contribution in [2.45, 2.75) is 73.3 Å². The van der Waals surface area contributed by atoms with Crippen molar-refractivity contribution in [3.8, 4) is 0 Å². The summed E-state index contributed by atoms with van der Waals surface area (Å²) in [5.74, 6) is 0.511. The molecule has 1 amide bonds. The summed E-state index contributed by atoms with van der Waals surface area (Å²) in [6, 6.07) is 0. The second kappa shape index (κ2) is 15.4. The van der Waals surface area contributed by atoms with Gasteiger partial charge >= 0.3 is 0 Å². The summed E-state index contributed by atoms with van der Waals surface area (Å²) < 4.78 is 0. The van der Waals surface area contributed by atoms with E-state index in [-0.39, 0.29) is 23.8 Å². The smallest absolute Gasteiger partial charge is 0.217 e. The first-order chi connectivity index (χ1) is 9.60. The van der Waals surface area contributed by atoms with Crippen LogP contribution in [0.5, 0.6) is 0 Å². The van der Waals surface area contributed by atoms with Crippen molar-refractivity contribution in [3.05, 3.63) is 0 Å². The van der Waals surface area contributed by atoms with E-state index in [4.69, 9.17) is 10.8 Å². The van der Waals surface area contributed by atoms with Gasteiger partial charge in [0, 0.05) is 18.6 Å². The van der Waals surface area contributed by atoms with Gasteiger partial charge in [-0.25, -0.2) is 0 Å². The third-order valence-electron chi connectivity index (χ3n) is 2.52. The van der Waals surface area contributed by atoms with Gasteiger partial charge in [0.25, 0.3) is 0 Å². The van der Waals surface area contributed by atoms with Crippen LogP contribution in [0.1, 0.15) is 67.7 Å². The van der Waals surface area contributed by atoms with Gasteiger partial charge in [0.05, 0.1) is 6.54 Å². The molecule has 4 N–H and O–H groups in total. The second-order valence-electron chi connectivity index (χ2n) is 5.81. The number of nitrogens with one attached hydrogen (secondary N) is 1. The second-order valence-corrected chi connectivity index (χ2v) is 5.81. The Labute approximate surface area is 130 Å². The maximum Gasteiger partial charge on any atom is 0.217 e. The van der Waals surface area contributed by atoms with Gasteiger partial charge in [-0.3, -0.25) is 9.59 Å². The summed E-state index contributed by atoms with van der Waals surface area (Å²) in [6.07, 6.45) is 2.10. The number of ketones is 1. The fraction of sp³-hybridized carbons (Fsp3) is 0.875. The average molecular weight is 304 g/mol. The van der Waals surface area contributed by atoms with E-state index in [0.29, 0.717) is 25.3 Å². The molecular formula is C16H36N2O3. The van der Waals surface area contributed by atoms with E-state index in [1.807, 2.05) is 27.7 Å². The van der Waals surface area contributed by atoms with Gasteiger partial charge in [-0.15, -0.1) is 0 Å². The minimum Gasteiger partial charge on any atom is -0.396 e. The monoisotopic (exact) mass is 304 g/mol. The van der Waals surface area contributed by atoms with Gasteiger partial charge in [-0.1, -0.05) is 27.7 Å². The molecule has 0 spiro atoms. The summed E-state index contributed by atoms with van der Waals surface area (Å²) in [4.78, 5) is 20.7. The topological polar surface area (TPSA) is 92.4 Å². The molecule has 0 aliphatic rings. The van der Waals surface area contributed by atoms with Crippen LogP contribution in [0.25, 0.3) is 0 Å². The molecular weight excluding hydrogens is 268 g/mol. The van der Waals surface area contributed by atoms with Gasteiger partial charge in [0.15, 0.2) is 0 Å². The summed E-state index contributed by atoms with van der Waals surface area (Å²) in [6.45, 7) is 14.1. The molecule has 128 valence electrons. The molecule has 21 heavy (non-hydrogen) atoms. The molecule has 5 heteroatoms. The molecule has 0 atom stereocenters. The van der Waals surface area contributed by atoms with E-state index in [2.05, 4.69) is 19.2 Å². The molecule has 0 aromatic carbocycles. The lowest BCUT2D eigenvalue weighted by atomic mass is 10.0. The van der Waals surface area contributed by atoms with Gasteiger partial charge in [0.1, 0.15) is 5.78 Å². The number of hydrogen-bond donors (Lipinski definition) is 3. The highest BCUT2D eigenvalue weighted by molar-refractivity contribution is 5.77. The molecule has 5 nitrogen and oxygen atoms in total. The quantitative estimate of drug-likeness (QED) is 0.641. The van der Waals surface area contributed by atoms with Crippen LogP contribution in [0.15, 0.2) is 0 Å². The number of aliphatic hydroxyl groups excluding tert-OH is 1. The first-order valence-electron chi connectivity index (χ1n) is 7.74. The Morgan fingerprint density at radius 1 is 1.24 bits per heavy atom. The van der Waals surface area contributed by atoms with Crippen LogP contribution < -0.4 is 11.1 Å². The van der Waals surface area contributed by atoms with E-state index < -0.39 is 0 Å². The van der Waals surface area contributed by atoms with E-state index >= 15 is 0 Å². The molecule has 0 bridgehead atoms. The SMILES string of the molecule is CC.CC(=O)CNC(C)(C)CCO.CC(C)CCC(N)=O. The Morgan fingerprint density at radius 3 is 1.95 bits per heavy atom. The standard InChI is InChI=1S/C8H17NO2.C6H13NO.C2H6/c1-7(11)6-9-8(2,3)4-5-10;1-5(2)3-4-6(7)8;1-2/h9-10H,4-6H2,1-3H3;5H,3-4H2,1-2H3,(H2,7,8);1-2H3. The fourth-order valence-electron chi connectivity index (χ4n) is 1.16. The fourth-order valence-corrected chi connectivity index (χ4v) is 1.16. The Bertz CT molecular complexity index is 264. The lowest BCUT2D eigenvalue weighted by Crippen LogP contribution is -2.42. The molecule has 0 heterocycles. The van der Waals surface area contributed by atoms with Crippen LogP contribution in [-0.4, -0.2) is 35.5 Å². The Kier molecular flexibility index (Phi) is 18.4. The molecule has 0 fully saturated rings. The van der Waals surface area contributed by atoms with E-state index in [9.17, 15) is 9.59 Å². The third kappa shape index (κ3) is 28.1. The average Bonchev–Trinajstić information content (AvgIpc) is 2.37. The van der Waals surface area contributed by atoms with E-state index in [1.54, 1.807) is 6.92 Å². The Hall–Kier alpha value is -0.940. The first kappa shape index (κ1) is 25.0. The number of rotatable bonds is 8. The number of amides is 1. The zero-order chi connectivity index (χ0) is 17.5. The molecule has 0 saturated carbocycles. The van der Waals surface area contributed by atoms with Crippen molar-refractivity contribution in [1.82, 2.24) is 5.32 Å². The van der Waals surface area contributed by atoms with Crippen LogP contribution in [0.3, 0.4) is 0 Å². The highest BCUT2D eigenvalue weighted by Gasteiger charge is 2.15. The van der Waals surface area contributed by atoms with Gasteiger partial charge in [0.2, 0.25) is 5.91 Å². The number of nitrogens with two attached hydrogens (primary N) is 1. The highest BCUT2D eigenvalue weighted by Crippen LogP contribution is 2.05. The summed E-state index contributed by atoms with van der Waals surface area (Å²) >= 11 is 0.